The predicted octanol–water partition coefficient (Wildman–Crippen LogP) is 1.69. The maximum Gasteiger partial charge on any atom is 0.251 e. The van der Waals surface area contributed by atoms with Gasteiger partial charge in [-0.15, -0.1) is 19.0 Å². The molecule has 0 bridgehead atoms. The van der Waals surface area contributed by atoms with Gasteiger partial charge in [-0.05, 0) is 49.5 Å². The molecule has 1 saturated heterocycles. The molecule has 0 atom stereocenters. The van der Waals surface area contributed by atoms with Crippen LogP contribution in [0.4, 0.5) is 0 Å². The fraction of sp³-hybridized carbons (Fsp3) is 0.471. The highest BCUT2D eigenvalue weighted by atomic mass is 35.5. The molecule has 25 heavy (non-hydrogen) atoms. The van der Waals surface area contributed by atoms with Gasteiger partial charge in [0, 0.05) is 18.7 Å². The second-order valence-electron chi connectivity index (χ2n) is 6.41. The van der Waals surface area contributed by atoms with Gasteiger partial charge < -0.3 is 10.6 Å². The van der Waals surface area contributed by atoms with Crippen molar-refractivity contribution < 1.29 is 13.2 Å². The van der Waals surface area contributed by atoms with Gasteiger partial charge in [-0.3, -0.25) is 4.79 Å². The Morgan fingerprint density at radius 1 is 1.36 bits per heavy atom. The molecule has 1 aromatic rings. The molecule has 0 aromatic heterocycles. The van der Waals surface area contributed by atoms with E-state index >= 15 is 0 Å². The summed E-state index contributed by atoms with van der Waals surface area (Å²) in [7, 11) is -3.64. The monoisotopic (exact) mass is 387 g/mol. The van der Waals surface area contributed by atoms with Crippen molar-refractivity contribution in [1.82, 2.24) is 15.4 Å². The van der Waals surface area contributed by atoms with E-state index in [1.165, 1.54) is 18.2 Å². The molecule has 0 saturated carbocycles. The SMILES string of the molecule is C=CCNS(=O)(=O)c1cccc(C(=O)NCC2(C)CCNCC2)c1.Cl. The maximum absolute atomic E-state index is 12.4. The first-order valence-electron chi connectivity index (χ1n) is 8.06. The van der Waals surface area contributed by atoms with Crippen molar-refractivity contribution in [2.24, 2.45) is 5.41 Å². The van der Waals surface area contributed by atoms with Crippen LogP contribution < -0.4 is 15.4 Å². The van der Waals surface area contributed by atoms with Gasteiger partial charge in [-0.2, -0.15) is 0 Å². The van der Waals surface area contributed by atoms with Crippen LogP contribution in [0.25, 0.3) is 0 Å². The highest BCUT2D eigenvalue weighted by molar-refractivity contribution is 7.89. The van der Waals surface area contributed by atoms with Crippen molar-refractivity contribution in [3.8, 4) is 0 Å². The largest absolute Gasteiger partial charge is 0.351 e. The van der Waals surface area contributed by atoms with Gasteiger partial charge in [0.1, 0.15) is 0 Å². The Balaban J connectivity index is 0.00000312. The Kier molecular flexibility index (Phi) is 8.08. The molecular formula is C17H26ClN3O3S. The zero-order valence-corrected chi connectivity index (χ0v) is 16.0. The molecule has 1 amide bonds. The lowest BCUT2D eigenvalue weighted by molar-refractivity contribution is 0.0922. The Bertz CT molecular complexity index is 701. The minimum absolute atomic E-state index is 0. The van der Waals surface area contributed by atoms with Crippen LogP contribution in [0.15, 0.2) is 41.8 Å². The first kappa shape index (κ1) is 21.6. The average Bonchev–Trinajstić information content (AvgIpc) is 2.59. The predicted molar refractivity (Wildman–Crippen MR) is 102 cm³/mol. The molecule has 8 heteroatoms. The van der Waals surface area contributed by atoms with E-state index in [0.717, 1.165) is 25.9 Å². The summed E-state index contributed by atoms with van der Waals surface area (Å²) in [5.41, 5.74) is 0.421. The summed E-state index contributed by atoms with van der Waals surface area (Å²) in [6.45, 7) is 8.28. The third-order valence-electron chi connectivity index (χ3n) is 4.31. The number of rotatable bonds is 7. The Hall–Kier alpha value is -1.41. The quantitative estimate of drug-likeness (QED) is 0.621. The van der Waals surface area contributed by atoms with Crippen LogP contribution in [0.2, 0.25) is 0 Å². The molecule has 1 aliphatic rings. The molecule has 1 aromatic carbocycles. The number of nitrogens with one attached hydrogen (secondary N) is 3. The Labute approximate surface area is 155 Å². The third-order valence-corrected chi connectivity index (χ3v) is 5.73. The summed E-state index contributed by atoms with van der Waals surface area (Å²) in [5.74, 6) is -0.254. The molecular weight excluding hydrogens is 362 g/mol. The summed E-state index contributed by atoms with van der Waals surface area (Å²) in [4.78, 5) is 12.4. The number of hydrogen-bond acceptors (Lipinski definition) is 4. The average molecular weight is 388 g/mol. The molecule has 0 spiro atoms. The lowest BCUT2D eigenvalue weighted by Gasteiger charge is -2.34. The van der Waals surface area contributed by atoms with E-state index in [1.807, 2.05) is 0 Å². The summed E-state index contributed by atoms with van der Waals surface area (Å²) in [5, 5.41) is 6.24. The molecule has 0 unspecified atom stereocenters. The summed E-state index contributed by atoms with van der Waals surface area (Å²) in [6, 6.07) is 6.05. The van der Waals surface area contributed by atoms with Crippen molar-refractivity contribution in [2.75, 3.05) is 26.2 Å². The number of benzene rings is 1. The van der Waals surface area contributed by atoms with E-state index in [4.69, 9.17) is 0 Å². The summed E-state index contributed by atoms with van der Waals surface area (Å²) in [6.07, 6.45) is 3.48. The van der Waals surface area contributed by atoms with Crippen LogP contribution in [-0.4, -0.2) is 40.5 Å². The number of hydrogen-bond donors (Lipinski definition) is 3. The molecule has 0 aliphatic carbocycles. The summed E-state index contributed by atoms with van der Waals surface area (Å²) < 4.78 is 26.6. The number of sulfonamides is 1. The van der Waals surface area contributed by atoms with Crippen LogP contribution in [0.5, 0.6) is 0 Å². The standard InChI is InChI=1S/C17H25N3O3S.ClH/c1-3-9-20-24(22,23)15-6-4-5-14(12-15)16(21)19-13-17(2)7-10-18-11-8-17;/h3-6,12,18,20H,1,7-11,13H2,2H3,(H,19,21);1H. The molecule has 1 aliphatic heterocycles. The Morgan fingerprint density at radius 2 is 2.04 bits per heavy atom. The van der Waals surface area contributed by atoms with Gasteiger partial charge in [0.15, 0.2) is 0 Å². The molecule has 0 radical (unpaired) electrons. The van der Waals surface area contributed by atoms with Gasteiger partial charge in [-0.25, -0.2) is 13.1 Å². The van der Waals surface area contributed by atoms with Crippen LogP contribution in [0.3, 0.4) is 0 Å². The Morgan fingerprint density at radius 3 is 2.68 bits per heavy atom. The molecule has 140 valence electrons. The first-order valence-corrected chi connectivity index (χ1v) is 9.54. The molecule has 6 nitrogen and oxygen atoms in total. The third kappa shape index (κ3) is 6.11. The van der Waals surface area contributed by atoms with Crippen LogP contribution >= 0.6 is 12.4 Å². The number of carbonyl (C=O) groups excluding carboxylic acids is 1. The fourth-order valence-electron chi connectivity index (χ4n) is 2.66. The number of carbonyl (C=O) groups is 1. The van der Waals surface area contributed by atoms with Crippen LogP contribution in [-0.2, 0) is 10.0 Å². The second-order valence-corrected chi connectivity index (χ2v) is 8.18. The van der Waals surface area contributed by atoms with Gasteiger partial charge in [0.05, 0.1) is 4.90 Å². The van der Waals surface area contributed by atoms with Crippen molar-refractivity contribution in [3.63, 3.8) is 0 Å². The molecule has 1 heterocycles. The maximum atomic E-state index is 12.4. The number of halogens is 1. The molecule has 1 fully saturated rings. The van der Waals surface area contributed by atoms with Gasteiger partial charge >= 0.3 is 0 Å². The van der Waals surface area contributed by atoms with Gasteiger partial charge in [-0.1, -0.05) is 19.1 Å². The number of piperidine rings is 1. The smallest absolute Gasteiger partial charge is 0.251 e. The highest BCUT2D eigenvalue weighted by Gasteiger charge is 2.27. The van der Waals surface area contributed by atoms with Crippen molar-refractivity contribution in [3.05, 3.63) is 42.5 Å². The normalized spacial score (nSPS) is 16.5. The lowest BCUT2D eigenvalue weighted by atomic mass is 9.81. The van der Waals surface area contributed by atoms with E-state index in [9.17, 15) is 13.2 Å². The van der Waals surface area contributed by atoms with E-state index < -0.39 is 10.0 Å². The zero-order chi connectivity index (χ0) is 17.6. The minimum Gasteiger partial charge on any atom is -0.351 e. The van der Waals surface area contributed by atoms with E-state index in [2.05, 4.69) is 28.9 Å². The van der Waals surface area contributed by atoms with Crippen molar-refractivity contribution in [2.45, 2.75) is 24.7 Å². The van der Waals surface area contributed by atoms with Crippen molar-refractivity contribution >= 4 is 28.3 Å². The lowest BCUT2D eigenvalue weighted by Crippen LogP contribution is -2.42. The summed E-state index contributed by atoms with van der Waals surface area (Å²) >= 11 is 0. The molecule has 3 N–H and O–H groups in total. The zero-order valence-electron chi connectivity index (χ0n) is 14.4. The second kappa shape index (κ2) is 9.33. The van der Waals surface area contributed by atoms with E-state index in [-0.39, 0.29) is 35.2 Å². The van der Waals surface area contributed by atoms with Gasteiger partial charge in [0.25, 0.3) is 5.91 Å². The van der Waals surface area contributed by atoms with E-state index in [0.29, 0.717) is 12.1 Å². The van der Waals surface area contributed by atoms with Crippen LogP contribution in [0, 0.1) is 5.41 Å². The van der Waals surface area contributed by atoms with Gasteiger partial charge in [0.2, 0.25) is 10.0 Å². The fourth-order valence-corrected chi connectivity index (χ4v) is 3.70. The first-order chi connectivity index (χ1) is 11.4. The van der Waals surface area contributed by atoms with Crippen molar-refractivity contribution in [1.29, 1.82) is 0 Å². The highest BCUT2D eigenvalue weighted by Crippen LogP contribution is 2.26. The number of amides is 1. The topological polar surface area (TPSA) is 87.3 Å². The minimum atomic E-state index is -3.64. The van der Waals surface area contributed by atoms with E-state index in [1.54, 1.807) is 12.1 Å². The molecule has 2 rings (SSSR count). The van der Waals surface area contributed by atoms with Crippen LogP contribution in [0.1, 0.15) is 30.1 Å².